The molecule has 2 saturated carbocycles. The van der Waals surface area contributed by atoms with Crippen LogP contribution in [0.5, 0.6) is 23.0 Å². The minimum Gasteiger partial charge on any atom is -0.504 e. The number of benzene rings is 2. The highest BCUT2D eigenvalue weighted by atomic mass is 16.8. The molecule has 3 heterocycles. The van der Waals surface area contributed by atoms with E-state index in [1.165, 1.54) is 18.4 Å². The van der Waals surface area contributed by atoms with Gasteiger partial charge in [0.25, 0.3) is 5.79 Å². The molecule has 32 heavy (non-hydrogen) atoms. The zero-order valence-corrected chi connectivity index (χ0v) is 17.9. The topological polar surface area (TPSA) is 71.4 Å². The Bertz CT molecular complexity index is 1140. The number of phenolic OH excluding ortho intramolecular Hbond substituents is 1. The maximum absolute atomic E-state index is 12.6. The summed E-state index contributed by atoms with van der Waals surface area (Å²) < 4.78 is 19.6. The van der Waals surface area contributed by atoms with Crippen LogP contribution in [0.4, 0.5) is 0 Å². The van der Waals surface area contributed by atoms with Gasteiger partial charge in [-0.1, -0.05) is 18.2 Å². The Hall–Kier alpha value is -2.44. The van der Waals surface area contributed by atoms with E-state index in [1.54, 1.807) is 6.07 Å². The van der Waals surface area contributed by atoms with Crippen LogP contribution in [0.1, 0.15) is 43.2 Å². The van der Waals surface area contributed by atoms with Gasteiger partial charge in [0.1, 0.15) is 0 Å². The number of piperidine rings is 1. The summed E-state index contributed by atoms with van der Waals surface area (Å²) >= 11 is 0. The first-order valence-corrected chi connectivity index (χ1v) is 12.0. The van der Waals surface area contributed by atoms with E-state index in [1.807, 2.05) is 30.3 Å². The van der Waals surface area contributed by atoms with Crippen molar-refractivity contribution < 1.29 is 24.4 Å². The Morgan fingerprint density at radius 2 is 1.78 bits per heavy atom. The molecule has 0 radical (unpaired) electrons. The fourth-order valence-electron chi connectivity index (χ4n) is 7.66. The van der Waals surface area contributed by atoms with Crippen LogP contribution in [-0.2, 0) is 11.8 Å². The lowest BCUT2D eigenvalue weighted by Gasteiger charge is -2.64. The quantitative estimate of drug-likeness (QED) is 0.758. The van der Waals surface area contributed by atoms with E-state index >= 15 is 0 Å². The third-order valence-electron chi connectivity index (χ3n) is 9.18. The SMILES string of the molecule is Oc1ccc2c3c1O[C@H]1C4(CC[C@@]5(O)[C@@H](C2)N(CC2CC2)CC[C@]315)Oc1ccccc1O4. The van der Waals surface area contributed by atoms with E-state index in [0.29, 0.717) is 18.6 Å². The van der Waals surface area contributed by atoms with Crippen molar-refractivity contribution in [1.82, 2.24) is 4.90 Å². The van der Waals surface area contributed by atoms with Gasteiger partial charge in [-0.3, -0.25) is 4.90 Å². The molecular formula is C26H27NO5. The van der Waals surface area contributed by atoms with Gasteiger partial charge >= 0.3 is 0 Å². The van der Waals surface area contributed by atoms with Crippen molar-refractivity contribution >= 4 is 0 Å². The Morgan fingerprint density at radius 1 is 1.00 bits per heavy atom. The van der Waals surface area contributed by atoms with Crippen molar-refractivity contribution in [1.29, 1.82) is 0 Å². The third kappa shape index (κ3) is 1.92. The van der Waals surface area contributed by atoms with Crippen LogP contribution in [-0.4, -0.2) is 51.7 Å². The molecule has 6 nitrogen and oxygen atoms in total. The van der Waals surface area contributed by atoms with Crippen molar-refractivity contribution in [3.05, 3.63) is 47.5 Å². The number of fused-ring (bicyclic) bond motifs is 2. The van der Waals surface area contributed by atoms with Gasteiger partial charge in [-0.25, -0.2) is 0 Å². The zero-order chi connectivity index (χ0) is 21.3. The highest BCUT2D eigenvalue weighted by Gasteiger charge is 2.78. The van der Waals surface area contributed by atoms with Gasteiger partial charge in [0, 0.05) is 24.6 Å². The second-order valence-corrected chi connectivity index (χ2v) is 10.7. The van der Waals surface area contributed by atoms with Crippen molar-refractivity contribution in [2.24, 2.45) is 5.92 Å². The molecular weight excluding hydrogens is 406 g/mol. The number of phenols is 1. The average molecular weight is 434 g/mol. The molecule has 6 heteroatoms. The fourth-order valence-corrected chi connectivity index (χ4v) is 7.66. The molecule has 2 aromatic rings. The second kappa shape index (κ2) is 5.54. The van der Waals surface area contributed by atoms with Crippen molar-refractivity contribution in [3.63, 3.8) is 0 Å². The highest BCUT2D eigenvalue weighted by molar-refractivity contribution is 5.63. The van der Waals surface area contributed by atoms with Crippen LogP contribution in [0.2, 0.25) is 0 Å². The Morgan fingerprint density at radius 3 is 2.53 bits per heavy atom. The summed E-state index contributed by atoms with van der Waals surface area (Å²) in [4.78, 5) is 2.54. The number of para-hydroxylation sites is 2. The third-order valence-corrected chi connectivity index (χ3v) is 9.18. The minimum atomic E-state index is -1.00. The average Bonchev–Trinajstić information content (AvgIpc) is 3.40. The lowest BCUT2D eigenvalue weighted by Crippen LogP contribution is -2.80. The summed E-state index contributed by atoms with van der Waals surface area (Å²) in [5, 5.41) is 23.3. The van der Waals surface area contributed by atoms with E-state index in [0.717, 1.165) is 48.9 Å². The molecule has 8 rings (SSSR count). The van der Waals surface area contributed by atoms with Crippen LogP contribution in [0, 0.1) is 5.92 Å². The molecule has 166 valence electrons. The van der Waals surface area contributed by atoms with Crippen LogP contribution < -0.4 is 14.2 Å². The summed E-state index contributed by atoms with van der Waals surface area (Å²) in [7, 11) is 0. The smallest absolute Gasteiger partial charge is 0.289 e. The first kappa shape index (κ1) is 18.0. The van der Waals surface area contributed by atoms with Gasteiger partial charge < -0.3 is 24.4 Å². The fraction of sp³-hybridized carbons (Fsp3) is 0.538. The number of aromatic hydroxyl groups is 1. The summed E-state index contributed by atoms with van der Waals surface area (Å²) in [6.45, 7) is 1.99. The molecule has 3 fully saturated rings. The maximum atomic E-state index is 12.6. The van der Waals surface area contributed by atoms with Crippen LogP contribution in [0.15, 0.2) is 36.4 Å². The molecule has 0 amide bonds. The molecule has 3 aliphatic heterocycles. The van der Waals surface area contributed by atoms with E-state index in [4.69, 9.17) is 14.2 Å². The normalized spacial score (nSPS) is 37.3. The molecule has 2 bridgehead atoms. The number of nitrogens with zero attached hydrogens (tertiary/aromatic N) is 1. The lowest BCUT2D eigenvalue weighted by molar-refractivity contribution is -0.268. The van der Waals surface area contributed by atoms with Gasteiger partial charge in [0.2, 0.25) is 0 Å². The number of hydrogen-bond acceptors (Lipinski definition) is 6. The molecule has 0 unspecified atom stereocenters. The Kier molecular flexibility index (Phi) is 3.12. The van der Waals surface area contributed by atoms with E-state index < -0.39 is 22.9 Å². The number of hydrogen-bond donors (Lipinski definition) is 2. The number of aliphatic hydroxyl groups is 1. The molecule has 2 N–H and O–H groups in total. The van der Waals surface area contributed by atoms with Crippen molar-refractivity contribution in [3.8, 4) is 23.0 Å². The molecule has 3 aliphatic carbocycles. The predicted molar refractivity (Wildman–Crippen MR) is 115 cm³/mol. The first-order chi connectivity index (χ1) is 15.5. The summed E-state index contributed by atoms with van der Waals surface area (Å²) in [5.74, 6) is 1.86. The summed E-state index contributed by atoms with van der Waals surface area (Å²) in [6, 6.07) is 11.6. The number of rotatable bonds is 2. The molecule has 1 saturated heterocycles. The highest BCUT2D eigenvalue weighted by Crippen LogP contribution is 2.68. The van der Waals surface area contributed by atoms with Gasteiger partial charge in [-0.2, -0.15) is 0 Å². The Labute approximate surface area is 186 Å². The van der Waals surface area contributed by atoms with Crippen LogP contribution >= 0.6 is 0 Å². The number of ether oxygens (including phenoxy) is 3. The van der Waals surface area contributed by atoms with Gasteiger partial charge in [0.05, 0.1) is 11.0 Å². The van der Waals surface area contributed by atoms with Crippen LogP contribution in [0.3, 0.4) is 0 Å². The molecule has 2 aromatic carbocycles. The van der Waals surface area contributed by atoms with Crippen molar-refractivity contribution in [2.75, 3.05) is 13.1 Å². The molecule has 4 atom stereocenters. The van der Waals surface area contributed by atoms with Crippen molar-refractivity contribution in [2.45, 2.75) is 67.5 Å². The van der Waals surface area contributed by atoms with E-state index in [-0.39, 0.29) is 11.8 Å². The maximum Gasteiger partial charge on any atom is 0.289 e. The molecule has 6 aliphatic rings. The minimum absolute atomic E-state index is 0.0482. The van der Waals surface area contributed by atoms with Gasteiger partial charge in [0.15, 0.2) is 29.1 Å². The molecule has 2 spiro atoms. The Balaban J connectivity index is 1.32. The second-order valence-electron chi connectivity index (χ2n) is 10.7. The van der Waals surface area contributed by atoms with Gasteiger partial charge in [-0.15, -0.1) is 0 Å². The monoisotopic (exact) mass is 433 g/mol. The van der Waals surface area contributed by atoms with Gasteiger partial charge in [-0.05, 0) is 68.3 Å². The largest absolute Gasteiger partial charge is 0.504 e. The van der Waals surface area contributed by atoms with Crippen LogP contribution in [0.25, 0.3) is 0 Å². The summed E-state index contributed by atoms with van der Waals surface area (Å²) in [5.41, 5.74) is 0.584. The lowest BCUT2D eigenvalue weighted by atomic mass is 9.48. The number of likely N-dealkylation sites (tertiary alicyclic amines) is 1. The van der Waals surface area contributed by atoms with E-state index in [9.17, 15) is 10.2 Å². The summed E-state index contributed by atoms with van der Waals surface area (Å²) in [6.07, 6.45) is 4.77. The standard InChI is InChI=1S/C26H27NO5/c28-17-8-7-16-13-20-25(29)9-10-26(31-18-3-1-2-4-19(18)32-26)23-24(25,21(16)22(17)30-23)11-12-27(20)14-15-5-6-15/h1-4,7-8,15,20,23,28-29H,5-6,9-14H2/t20-,23-,24+,25-/m1/s1. The first-order valence-electron chi connectivity index (χ1n) is 12.0. The molecule has 0 aromatic heterocycles. The predicted octanol–water partition coefficient (Wildman–Crippen LogP) is 3.12. The van der Waals surface area contributed by atoms with E-state index in [2.05, 4.69) is 4.90 Å². The zero-order valence-electron chi connectivity index (χ0n) is 17.9.